The van der Waals surface area contributed by atoms with Crippen LogP contribution in [0, 0.1) is 11.3 Å². The summed E-state index contributed by atoms with van der Waals surface area (Å²) in [5, 5.41) is 8.81. The van der Waals surface area contributed by atoms with Gasteiger partial charge in [0.05, 0.1) is 18.4 Å². The average Bonchev–Trinajstić information content (AvgIpc) is 2.16. The van der Waals surface area contributed by atoms with E-state index < -0.39 is 17.4 Å². The van der Waals surface area contributed by atoms with Gasteiger partial charge in [0.15, 0.2) is 0 Å². The van der Waals surface area contributed by atoms with Gasteiger partial charge in [-0.3, -0.25) is 9.59 Å². The molecule has 0 radical (unpaired) electrons. The lowest BCUT2D eigenvalue weighted by Gasteiger charge is -2.29. The molecule has 0 fully saturated rings. The molecule has 0 aliphatic heterocycles. The molecular formula is C12H22O4. The van der Waals surface area contributed by atoms with E-state index in [4.69, 9.17) is 9.84 Å². The number of hydrogen-bond acceptors (Lipinski definition) is 3. The van der Waals surface area contributed by atoms with E-state index in [0.29, 0.717) is 6.61 Å². The molecule has 0 aromatic rings. The highest BCUT2D eigenvalue weighted by molar-refractivity contribution is 5.82. The van der Waals surface area contributed by atoms with Crippen LogP contribution in [-0.2, 0) is 14.3 Å². The van der Waals surface area contributed by atoms with Crippen LogP contribution in [0.5, 0.6) is 0 Å². The van der Waals surface area contributed by atoms with E-state index in [1.165, 1.54) is 0 Å². The summed E-state index contributed by atoms with van der Waals surface area (Å²) in [6.45, 7) is 7.71. The fourth-order valence-electron chi connectivity index (χ4n) is 1.30. The Morgan fingerprint density at radius 3 is 2.31 bits per heavy atom. The van der Waals surface area contributed by atoms with Crippen molar-refractivity contribution < 1.29 is 19.4 Å². The zero-order valence-electron chi connectivity index (χ0n) is 10.6. The van der Waals surface area contributed by atoms with E-state index in [0.717, 1.165) is 12.8 Å². The smallest absolute Gasteiger partial charge is 0.312 e. The first-order chi connectivity index (χ1) is 7.34. The minimum absolute atomic E-state index is 0.0577. The summed E-state index contributed by atoms with van der Waals surface area (Å²) in [7, 11) is 0. The van der Waals surface area contributed by atoms with Crippen molar-refractivity contribution in [1.29, 1.82) is 0 Å². The lowest BCUT2D eigenvalue weighted by Crippen LogP contribution is -2.37. The van der Waals surface area contributed by atoms with Crippen molar-refractivity contribution in [2.45, 2.75) is 47.0 Å². The van der Waals surface area contributed by atoms with Crippen molar-refractivity contribution in [3.63, 3.8) is 0 Å². The molecule has 0 rings (SSSR count). The fraction of sp³-hybridized carbons (Fsp3) is 0.833. The van der Waals surface area contributed by atoms with Gasteiger partial charge in [-0.1, -0.05) is 27.2 Å². The van der Waals surface area contributed by atoms with Crippen LogP contribution in [0.25, 0.3) is 0 Å². The number of carboxylic acid groups (broad SMARTS) is 1. The third kappa shape index (κ3) is 4.21. The Bertz CT molecular complexity index is 247. The molecule has 0 aliphatic carbocycles. The van der Waals surface area contributed by atoms with Gasteiger partial charge in [-0.2, -0.15) is 0 Å². The topological polar surface area (TPSA) is 63.6 Å². The molecule has 0 aromatic heterocycles. The Balaban J connectivity index is 4.51. The van der Waals surface area contributed by atoms with E-state index in [1.54, 1.807) is 6.92 Å². The largest absolute Gasteiger partial charge is 0.481 e. The fourth-order valence-corrected chi connectivity index (χ4v) is 1.30. The average molecular weight is 230 g/mol. The van der Waals surface area contributed by atoms with Gasteiger partial charge < -0.3 is 9.84 Å². The van der Waals surface area contributed by atoms with E-state index in [1.807, 2.05) is 20.8 Å². The first-order valence-corrected chi connectivity index (χ1v) is 5.73. The molecule has 0 aliphatic rings. The highest BCUT2D eigenvalue weighted by Crippen LogP contribution is 2.32. The van der Waals surface area contributed by atoms with E-state index in [2.05, 4.69) is 0 Å². The van der Waals surface area contributed by atoms with Crippen LogP contribution >= 0.6 is 0 Å². The van der Waals surface area contributed by atoms with Gasteiger partial charge in [-0.05, 0) is 19.3 Å². The molecule has 0 heterocycles. The molecule has 0 aromatic carbocycles. The number of unbranched alkanes of at least 4 members (excludes halogenated alkanes) is 1. The number of carboxylic acids is 1. The predicted octanol–water partition coefficient (Wildman–Crippen LogP) is 2.47. The molecule has 16 heavy (non-hydrogen) atoms. The van der Waals surface area contributed by atoms with Crippen LogP contribution in [0.1, 0.15) is 47.0 Å². The number of esters is 1. The maximum absolute atomic E-state index is 11.8. The van der Waals surface area contributed by atoms with Crippen molar-refractivity contribution in [1.82, 2.24) is 0 Å². The lowest BCUT2D eigenvalue weighted by atomic mass is 9.76. The van der Waals surface area contributed by atoms with E-state index in [9.17, 15) is 9.59 Å². The lowest BCUT2D eigenvalue weighted by molar-refractivity contribution is -0.163. The maximum atomic E-state index is 11.8. The monoisotopic (exact) mass is 230 g/mol. The van der Waals surface area contributed by atoms with Crippen molar-refractivity contribution >= 4 is 11.9 Å². The van der Waals surface area contributed by atoms with Gasteiger partial charge in [0.2, 0.25) is 0 Å². The third-order valence-corrected chi connectivity index (χ3v) is 2.99. The summed E-state index contributed by atoms with van der Waals surface area (Å²) in [4.78, 5) is 22.6. The summed E-state index contributed by atoms with van der Waals surface area (Å²) in [5.41, 5.74) is -0.931. The highest BCUT2D eigenvalue weighted by Gasteiger charge is 2.40. The maximum Gasteiger partial charge on any atom is 0.312 e. The minimum Gasteiger partial charge on any atom is -0.481 e. The normalized spacial score (nSPS) is 14.6. The standard InChI is InChI=1S/C12H22O4/c1-5-6-7-16-11(15)12(4,9(2)3)8-10(13)14/h9H,5-8H2,1-4H3,(H,13,14). The van der Waals surface area contributed by atoms with Crippen molar-refractivity contribution in [3.05, 3.63) is 0 Å². The number of carbonyl (C=O) groups is 2. The van der Waals surface area contributed by atoms with Crippen LogP contribution in [-0.4, -0.2) is 23.7 Å². The molecular weight excluding hydrogens is 208 g/mol. The Labute approximate surface area is 97.0 Å². The molecule has 1 unspecified atom stereocenters. The van der Waals surface area contributed by atoms with Crippen LogP contribution in [0.3, 0.4) is 0 Å². The number of aliphatic carboxylic acids is 1. The predicted molar refractivity (Wildman–Crippen MR) is 61.1 cm³/mol. The molecule has 1 N–H and O–H groups in total. The second-order valence-electron chi connectivity index (χ2n) is 4.63. The van der Waals surface area contributed by atoms with Gasteiger partial charge in [0.1, 0.15) is 0 Å². The Morgan fingerprint density at radius 2 is 1.94 bits per heavy atom. The van der Waals surface area contributed by atoms with Crippen LogP contribution in [0.15, 0.2) is 0 Å². The van der Waals surface area contributed by atoms with Crippen LogP contribution < -0.4 is 0 Å². The molecule has 0 saturated heterocycles. The Kier molecular flexibility index (Phi) is 6.08. The van der Waals surface area contributed by atoms with Crippen molar-refractivity contribution in [2.24, 2.45) is 11.3 Å². The third-order valence-electron chi connectivity index (χ3n) is 2.99. The summed E-state index contributed by atoms with van der Waals surface area (Å²) in [6, 6.07) is 0. The first-order valence-electron chi connectivity index (χ1n) is 5.73. The van der Waals surface area contributed by atoms with Gasteiger partial charge in [0.25, 0.3) is 0 Å². The van der Waals surface area contributed by atoms with Gasteiger partial charge in [-0.15, -0.1) is 0 Å². The molecule has 0 saturated carbocycles. The summed E-state index contributed by atoms with van der Waals surface area (Å²) in [6.07, 6.45) is 1.58. The summed E-state index contributed by atoms with van der Waals surface area (Å²) in [5.74, 6) is -1.43. The summed E-state index contributed by atoms with van der Waals surface area (Å²) >= 11 is 0. The van der Waals surface area contributed by atoms with Crippen molar-refractivity contribution in [2.75, 3.05) is 6.61 Å². The molecule has 1 atom stereocenters. The number of hydrogen-bond donors (Lipinski definition) is 1. The van der Waals surface area contributed by atoms with Gasteiger partial charge in [0, 0.05) is 0 Å². The van der Waals surface area contributed by atoms with Gasteiger partial charge >= 0.3 is 11.9 Å². The zero-order valence-corrected chi connectivity index (χ0v) is 10.6. The molecule has 0 amide bonds. The molecule has 0 spiro atoms. The van der Waals surface area contributed by atoms with E-state index in [-0.39, 0.29) is 12.3 Å². The second-order valence-corrected chi connectivity index (χ2v) is 4.63. The second kappa shape index (κ2) is 6.51. The first kappa shape index (κ1) is 14.9. The molecule has 94 valence electrons. The van der Waals surface area contributed by atoms with E-state index >= 15 is 0 Å². The quantitative estimate of drug-likeness (QED) is 0.539. The van der Waals surface area contributed by atoms with Crippen LogP contribution in [0.4, 0.5) is 0 Å². The number of ether oxygens (including phenoxy) is 1. The number of rotatable bonds is 7. The minimum atomic E-state index is -0.969. The number of carbonyl (C=O) groups excluding carboxylic acids is 1. The highest BCUT2D eigenvalue weighted by atomic mass is 16.5. The van der Waals surface area contributed by atoms with Gasteiger partial charge in [-0.25, -0.2) is 0 Å². The molecule has 4 nitrogen and oxygen atoms in total. The zero-order chi connectivity index (χ0) is 12.8. The van der Waals surface area contributed by atoms with Crippen molar-refractivity contribution in [3.8, 4) is 0 Å². The van der Waals surface area contributed by atoms with Crippen LogP contribution in [0.2, 0.25) is 0 Å². The Hall–Kier alpha value is -1.06. The SMILES string of the molecule is CCCCOC(=O)C(C)(CC(=O)O)C(C)C. The Morgan fingerprint density at radius 1 is 1.38 bits per heavy atom. The summed E-state index contributed by atoms with van der Waals surface area (Å²) < 4.78 is 5.11. The molecule has 0 bridgehead atoms. The molecule has 4 heteroatoms.